The van der Waals surface area contributed by atoms with Gasteiger partial charge in [-0.1, -0.05) is 24.3 Å². The summed E-state index contributed by atoms with van der Waals surface area (Å²) < 4.78 is 30.0. The van der Waals surface area contributed by atoms with Gasteiger partial charge in [-0.15, -0.1) is 0 Å². The first-order valence-electron chi connectivity index (χ1n) is 12.9. The van der Waals surface area contributed by atoms with Crippen molar-refractivity contribution in [3.8, 4) is 22.3 Å². The fraction of sp³-hybridized carbons (Fsp3) is 0.379. The molecule has 0 spiro atoms. The Morgan fingerprint density at radius 3 is 2.42 bits per heavy atom. The van der Waals surface area contributed by atoms with Gasteiger partial charge in [0.15, 0.2) is 0 Å². The summed E-state index contributed by atoms with van der Waals surface area (Å²) in [5.74, 6) is -0.203. The van der Waals surface area contributed by atoms with E-state index < -0.39 is 11.8 Å². The van der Waals surface area contributed by atoms with Crippen molar-refractivity contribution < 1.29 is 13.6 Å². The predicted octanol–water partition coefficient (Wildman–Crippen LogP) is 5.15. The molecule has 1 saturated heterocycles. The Morgan fingerprint density at radius 2 is 1.69 bits per heavy atom. The Hall–Kier alpha value is -3.32. The third-order valence-electron chi connectivity index (χ3n) is 7.91. The van der Waals surface area contributed by atoms with Crippen molar-refractivity contribution in [1.82, 2.24) is 15.2 Å². The van der Waals surface area contributed by atoms with Gasteiger partial charge in [0.1, 0.15) is 11.6 Å². The second-order valence-electron chi connectivity index (χ2n) is 10.4. The quantitative estimate of drug-likeness (QED) is 0.487. The zero-order chi connectivity index (χ0) is 24.8. The minimum absolute atomic E-state index is 0.0788. The highest BCUT2D eigenvalue weighted by molar-refractivity contribution is 5.97. The Kier molecular flexibility index (Phi) is 5.96. The number of nitrogens with zero attached hydrogens (tertiary/aromatic N) is 2. The van der Waals surface area contributed by atoms with Crippen molar-refractivity contribution in [2.24, 2.45) is 5.92 Å². The molecule has 3 aliphatic rings. The monoisotopic (exact) mass is 488 g/mol. The molecule has 36 heavy (non-hydrogen) atoms. The summed E-state index contributed by atoms with van der Waals surface area (Å²) in [7, 11) is 0. The highest BCUT2D eigenvalue weighted by atomic mass is 19.1. The fourth-order valence-corrected chi connectivity index (χ4v) is 5.62. The minimum Gasteiger partial charge on any atom is -0.383 e. The maximum Gasteiger partial charge on any atom is 0.251 e. The lowest BCUT2D eigenvalue weighted by molar-refractivity contribution is 0.0945. The molecule has 2 fully saturated rings. The standard InChI is InChI=1S/C29H30F2N4O/c30-26-15-23-21(7-10-33-29(23)36)13-24(26)25-14-22(27(31)34-28(25)32)20-5-3-18(4-6-20)19-8-11-35(12-9-19)16-17-1-2-17/h3-6,13-15,17,19H,1-2,7-12,16H2,(H2,32,34)(H,33,36). The van der Waals surface area contributed by atoms with Gasteiger partial charge in [-0.05, 0) is 91.9 Å². The average molecular weight is 489 g/mol. The van der Waals surface area contributed by atoms with Crippen LogP contribution in [-0.2, 0) is 6.42 Å². The predicted molar refractivity (Wildman–Crippen MR) is 137 cm³/mol. The van der Waals surface area contributed by atoms with Gasteiger partial charge in [-0.3, -0.25) is 4.79 Å². The van der Waals surface area contributed by atoms with Crippen LogP contribution in [0.2, 0.25) is 0 Å². The molecule has 3 heterocycles. The van der Waals surface area contributed by atoms with Gasteiger partial charge in [-0.2, -0.15) is 4.39 Å². The largest absolute Gasteiger partial charge is 0.383 e. The molecule has 0 bridgehead atoms. The summed E-state index contributed by atoms with van der Waals surface area (Å²) in [5, 5.41) is 2.72. The zero-order valence-corrected chi connectivity index (χ0v) is 20.2. The van der Waals surface area contributed by atoms with E-state index in [1.165, 1.54) is 31.0 Å². The first-order valence-corrected chi connectivity index (χ1v) is 12.9. The molecule has 1 amide bonds. The summed E-state index contributed by atoms with van der Waals surface area (Å²) in [6.45, 7) is 4.01. The number of piperidine rings is 1. The van der Waals surface area contributed by atoms with Crippen LogP contribution in [0.5, 0.6) is 0 Å². The molecule has 186 valence electrons. The van der Waals surface area contributed by atoms with Crippen molar-refractivity contribution >= 4 is 11.7 Å². The number of aromatic nitrogens is 1. The smallest absolute Gasteiger partial charge is 0.251 e. The van der Waals surface area contributed by atoms with E-state index in [-0.39, 0.29) is 22.9 Å². The van der Waals surface area contributed by atoms with Gasteiger partial charge >= 0.3 is 0 Å². The Bertz CT molecular complexity index is 1310. The van der Waals surface area contributed by atoms with E-state index in [4.69, 9.17) is 5.73 Å². The SMILES string of the molecule is Nc1nc(F)c(-c2ccc(C3CCN(CC4CC4)CC3)cc2)cc1-c1cc2c(cc1F)C(=O)NCC2. The van der Waals surface area contributed by atoms with Crippen LogP contribution in [0.25, 0.3) is 22.3 Å². The number of anilines is 1. The second kappa shape index (κ2) is 9.28. The van der Waals surface area contributed by atoms with Crippen LogP contribution >= 0.6 is 0 Å². The number of nitrogens with two attached hydrogens (primary N) is 1. The number of hydrogen-bond donors (Lipinski definition) is 2. The summed E-state index contributed by atoms with van der Waals surface area (Å²) in [6, 6.07) is 12.4. The fourth-order valence-electron chi connectivity index (χ4n) is 5.62. The van der Waals surface area contributed by atoms with E-state index in [1.807, 2.05) is 12.1 Å². The lowest BCUT2D eigenvalue weighted by Crippen LogP contribution is -2.34. The van der Waals surface area contributed by atoms with Crippen LogP contribution in [-0.4, -0.2) is 42.0 Å². The van der Waals surface area contributed by atoms with Crippen LogP contribution in [0.1, 0.15) is 53.1 Å². The molecule has 1 aliphatic carbocycles. The van der Waals surface area contributed by atoms with Crippen molar-refractivity contribution in [3.63, 3.8) is 0 Å². The minimum atomic E-state index is -0.685. The lowest BCUT2D eigenvalue weighted by atomic mass is 9.88. The zero-order valence-electron chi connectivity index (χ0n) is 20.2. The molecule has 6 rings (SSSR count). The molecule has 3 aromatic rings. The highest BCUT2D eigenvalue weighted by Crippen LogP contribution is 2.37. The summed E-state index contributed by atoms with van der Waals surface area (Å²) in [5.41, 5.74) is 9.88. The van der Waals surface area contributed by atoms with Crippen LogP contribution in [0.15, 0.2) is 42.5 Å². The van der Waals surface area contributed by atoms with E-state index >= 15 is 4.39 Å². The van der Waals surface area contributed by atoms with Crippen LogP contribution < -0.4 is 11.1 Å². The normalized spacial score (nSPS) is 18.7. The number of benzene rings is 2. The lowest BCUT2D eigenvalue weighted by Gasteiger charge is -2.32. The molecule has 7 heteroatoms. The molecule has 5 nitrogen and oxygen atoms in total. The number of carbonyl (C=O) groups excluding carboxylic acids is 1. The molecule has 0 atom stereocenters. The third-order valence-corrected chi connectivity index (χ3v) is 7.91. The van der Waals surface area contributed by atoms with Crippen LogP contribution in [0.4, 0.5) is 14.6 Å². The molecule has 1 aromatic heterocycles. The molecular formula is C29H30F2N4O. The number of carbonyl (C=O) groups is 1. The molecule has 0 unspecified atom stereocenters. The van der Waals surface area contributed by atoms with Gasteiger partial charge in [0, 0.05) is 35.3 Å². The summed E-state index contributed by atoms with van der Waals surface area (Å²) in [4.78, 5) is 18.6. The molecule has 1 saturated carbocycles. The van der Waals surface area contributed by atoms with Gasteiger partial charge in [0.2, 0.25) is 5.95 Å². The number of nitrogens with one attached hydrogen (secondary N) is 1. The van der Waals surface area contributed by atoms with Gasteiger partial charge in [0.05, 0.1) is 0 Å². The first kappa shape index (κ1) is 23.1. The van der Waals surface area contributed by atoms with E-state index in [1.54, 1.807) is 12.1 Å². The van der Waals surface area contributed by atoms with Crippen LogP contribution in [0, 0.1) is 17.7 Å². The Morgan fingerprint density at radius 1 is 0.944 bits per heavy atom. The Labute approximate surface area is 209 Å². The van der Waals surface area contributed by atoms with Crippen LogP contribution in [0.3, 0.4) is 0 Å². The van der Waals surface area contributed by atoms with Crippen molar-refractivity contribution in [2.75, 3.05) is 31.9 Å². The average Bonchev–Trinajstić information content (AvgIpc) is 3.69. The number of hydrogen-bond acceptors (Lipinski definition) is 4. The van der Waals surface area contributed by atoms with Crippen molar-refractivity contribution in [1.29, 1.82) is 0 Å². The molecular weight excluding hydrogens is 458 g/mol. The van der Waals surface area contributed by atoms with E-state index in [0.29, 0.717) is 35.6 Å². The second-order valence-corrected chi connectivity index (χ2v) is 10.4. The molecule has 2 aromatic carbocycles. The molecule has 2 aliphatic heterocycles. The first-order chi connectivity index (χ1) is 17.5. The van der Waals surface area contributed by atoms with Crippen molar-refractivity contribution in [2.45, 2.75) is 38.0 Å². The third kappa shape index (κ3) is 4.48. The number of fused-ring (bicyclic) bond motifs is 1. The van der Waals surface area contributed by atoms with E-state index in [2.05, 4.69) is 27.3 Å². The Balaban J connectivity index is 1.26. The number of pyridine rings is 1. The summed E-state index contributed by atoms with van der Waals surface area (Å²) >= 11 is 0. The maximum absolute atomic E-state index is 15.1. The summed E-state index contributed by atoms with van der Waals surface area (Å²) in [6.07, 6.45) is 5.65. The highest BCUT2D eigenvalue weighted by Gasteiger charge is 2.28. The number of rotatable bonds is 5. The number of nitrogen functional groups attached to an aromatic ring is 1. The topological polar surface area (TPSA) is 71.2 Å². The van der Waals surface area contributed by atoms with E-state index in [9.17, 15) is 9.18 Å². The molecule has 3 N–H and O–H groups in total. The van der Waals surface area contributed by atoms with Gasteiger partial charge < -0.3 is 16.0 Å². The van der Waals surface area contributed by atoms with Gasteiger partial charge in [-0.25, -0.2) is 9.37 Å². The number of likely N-dealkylation sites (tertiary alicyclic amines) is 1. The maximum atomic E-state index is 15.1. The van der Waals surface area contributed by atoms with E-state index in [0.717, 1.165) is 37.4 Å². The van der Waals surface area contributed by atoms with Crippen molar-refractivity contribution in [3.05, 3.63) is 70.9 Å². The number of halogens is 2. The number of amides is 1. The molecule has 0 radical (unpaired) electrons. The van der Waals surface area contributed by atoms with Gasteiger partial charge in [0.25, 0.3) is 5.91 Å².